The fourth-order valence-corrected chi connectivity index (χ4v) is 3.56. The van der Waals surface area contributed by atoms with Gasteiger partial charge in [-0.15, -0.1) is 0 Å². The molecule has 6 nitrogen and oxygen atoms in total. The zero-order valence-electron chi connectivity index (χ0n) is 12.3. The molecule has 1 atom stereocenters. The first-order valence-corrected chi connectivity index (χ1v) is 7.92. The Morgan fingerprint density at radius 1 is 1.38 bits per heavy atom. The van der Waals surface area contributed by atoms with Crippen LogP contribution in [0.4, 0.5) is 0 Å². The van der Waals surface area contributed by atoms with Gasteiger partial charge in [-0.2, -0.15) is 4.31 Å². The number of halogens is 1. The molecule has 1 aromatic carbocycles. The third kappa shape index (κ3) is 3.94. The molecule has 0 N–H and O–H groups in total. The standard InChI is InChI=1S/C13H18ClNO5S/c1-9(8-19-3)15(2)21(17,18)12-6-5-10(7-11(12)14)13(16)20-4/h5-7,9H,8H2,1-4H3. The fraction of sp³-hybridized carbons (Fsp3) is 0.462. The molecule has 0 saturated heterocycles. The topological polar surface area (TPSA) is 72.9 Å². The number of likely N-dealkylation sites (N-methyl/N-ethyl adjacent to an activating group) is 1. The molecule has 0 aliphatic heterocycles. The average Bonchev–Trinajstić information content (AvgIpc) is 2.45. The van der Waals surface area contributed by atoms with Crippen LogP contribution in [0, 0.1) is 0 Å². The molecule has 0 aromatic heterocycles. The van der Waals surface area contributed by atoms with E-state index in [9.17, 15) is 13.2 Å². The molecule has 0 aliphatic carbocycles. The van der Waals surface area contributed by atoms with Crippen LogP contribution in [0.3, 0.4) is 0 Å². The van der Waals surface area contributed by atoms with Gasteiger partial charge in [0, 0.05) is 20.2 Å². The second-order valence-corrected chi connectivity index (χ2v) is 6.84. The molecule has 0 fully saturated rings. The summed E-state index contributed by atoms with van der Waals surface area (Å²) in [4.78, 5) is 11.3. The highest BCUT2D eigenvalue weighted by atomic mass is 35.5. The SMILES string of the molecule is COCC(C)N(C)S(=O)(=O)c1ccc(C(=O)OC)cc1Cl. The Morgan fingerprint density at radius 3 is 2.48 bits per heavy atom. The van der Waals surface area contributed by atoms with Crippen LogP contribution in [0.25, 0.3) is 0 Å². The number of ether oxygens (including phenoxy) is 2. The van der Waals surface area contributed by atoms with Crippen LogP contribution in [0.5, 0.6) is 0 Å². The zero-order valence-corrected chi connectivity index (χ0v) is 13.9. The summed E-state index contributed by atoms with van der Waals surface area (Å²) in [6.07, 6.45) is 0. The minimum Gasteiger partial charge on any atom is -0.465 e. The van der Waals surface area contributed by atoms with Gasteiger partial charge < -0.3 is 9.47 Å². The average molecular weight is 336 g/mol. The molecule has 118 valence electrons. The molecule has 1 aromatic rings. The van der Waals surface area contributed by atoms with Crippen molar-refractivity contribution in [2.75, 3.05) is 27.9 Å². The van der Waals surface area contributed by atoms with E-state index in [-0.39, 0.29) is 28.1 Å². The molecular weight excluding hydrogens is 318 g/mol. The normalized spacial score (nSPS) is 13.2. The minimum absolute atomic E-state index is 0.0330. The van der Waals surface area contributed by atoms with Crippen LogP contribution in [0.1, 0.15) is 17.3 Å². The van der Waals surface area contributed by atoms with Gasteiger partial charge in [0.25, 0.3) is 0 Å². The largest absolute Gasteiger partial charge is 0.465 e. The van der Waals surface area contributed by atoms with E-state index in [0.717, 1.165) is 0 Å². The predicted molar refractivity (Wildman–Crippen MR) is 79.1 cm³/mol. The van der Waals surface area contributed by atoms with E-state index < -0.39 is 16.0 Å². The molecule has 0 saturated carbocycles. The molecular formula is C13H18ClNO5S. The summed E-state index contributed by atoms with van der Waals surface area (Å²) in [6.45, 7) is 1.98. The van der Waals surface area contributed by atoms with E-state index in [0.29, 0.717) is 0 Å². The summed E-state index contributed by atoms with van der Waals surface area (Å²) < 4.78 is 35.7. The predicted octanol–water partition coefficient (Wildman–Crippen LogP) is 1.78. The Morgan fingerprint density at radius 2 is 2.00 bits per heavy atom. The Bertz CT molecular complexity index is 617. The van der Waals surface area contributed by atoms with Crippen molar-refractivity contribution in [1.82, 2.24) is 4.31 Å². The van der Waals surface area contributed by atoms with Crippen molar-refractivity contribution in [1.29, 1.82) is 0 Å². The van der Waals surface area contributed by atoms with Gasteiger partial charge in [-0.3, -0.25) is 0 Å². The van der Waals surface area contributed by atoms with Gasteiger partial charge in [-0.1, -0.05) is 11.6 Å². The highest BCUT2D eigenvalue weighted by Gasteiger charge is 2.28. The third-order valence-corrected chi connectivity index (χ3v) is 5.49. The fourth-order valence-electron chi connectivity index (χ4n) is 1.69. The molecule has 1 rings (SSSR count). The number of carbonyl (C=O) groups excluding carboxylic acids is 1. The van der Waals surface area contributed by atoms with Gasteiger partial charge in [-0.25, -0.2) is 13.2 Å². The smallest absolute Gasteiger partial charge is 0.337 e. The van der Waals surface area contributed by atoms with Crippen molar-refractivity contribution in [2.45, 2.75) is 17.9 Å². The van der Waals surface area contributed by atoms with Crippen molar-refractivity contribution in [2.24, 2.45) is 0 Å². The summed E-state index contributed by atoms with van der Waals surface area (Å²) >= 11 is 6.00. The van der Waals surface area contributed by atoms with Crippen molar-refractivity contribution in [3.63, 3.8) is 0 Å². The first-order valence-electron chi connectivity index (χ1n) is 6.10. The van der Waals surface area contributed by atoms with E-state index in [2.05, 4.69) is 4.74 Å². The van der Waals surface area contributed by atoms with Crippen LogP contribution in [-0.4, -0.2) is 52.6 Å². The first-order chi connectivity index (χ1) is 9.75. The lowest BCUT2D eigenvalue weighted by molar-refractivity contribution is 0.0600. The minimum atomic E-state index is -3.77. The van der Waals surface area contributed by atoms with Gasteiger partial charge in [-0.05, 0) is 25.1 Å². The Labute approximate surface area is 129 Å². The molecule has 1 unspecified atom stereocenters. The molecule has 0 radical (unpaired) electrons. The molecule has 21 heavy (non-hydrogen) atoms. The van der Waals surface area contributed by atoms with Crippen molar-refractivity contribution < 1.29 is 22.7 Å². The van der Waals surface area contributed by atoms with Crippen molar-refractivity contribution in [3.8, 4) is 0 Å². The van der Waals surface area contributed by atoms with E-state index in [1.807, 2.05) is 0 Å². The number of esters is 1. The maximum absolute atomic E-state index is 12.5. The highest BCUT2D eigenvalue weighted by Crippen LogP contribution is 2.26. The van der Waals surface area contributed by atoms with Crippen LogP contribution in [0.2, 0.25) is 5.02 Å². The zero-order chi connectivity index (χ0) is 16.2. The van der Waals surface area contributed by atoms with Crippen LogP contribution in [0.15, 0.2) is 23.1 Å². The first kappa shape index (κ1) is 17.9. The van der Waals surface area contributed by atoms with Gasteiger partial charge in [0.15, 0.2) is 0 Å². The summed E-state index contributed by atoms with van der Waals surface area (Å²) in [5.41, 5.74) is 0.189. The summed E-state index contributed by atoms with van der Waals surface area (Å²) in [5, 5.41) is -0.0330. The molecule has 0 aliphatic rings. The van der Waals surface area contributed by atoms with Crippen molar-refractivity contribution in [3.05, 3.63) is 28.8 Å². The second-order valence-electron chi connectivity index (χ2n) is 4.46. The van der Waals surface area contributed by atoms with Gasteiger partial charge in [0.2, 0.25) is 10.0 Å². The van der Waals surface area contributed by atoms with Crippen LogP contribution < -0.4 is 0 Å². The number of sulfonamides is 1. The summed E-state index contributed by atoms with van der Waals surface area (Å²) in [5.74, 6) is -0.582. The van der Waals surface area contributed by atoms with E-state index in [1.165, 1.54) is 43.8 Å². The maximum Gasteiger partial charge on any atom is 0.337 e. The number of hydrogen-bond acceptors (Lipinski definition) is 5. The lowest BCUT2D eigenvalue weighted by Crippen LogP contribution is -2.37. The summed E-state index contributed by atoms with van der Waals surface area (Å²) in [6, 6.07) is 3.57. The molecule has 0 spiro atoms. The van der Waals surface area contributed by atoms with Crippen LogP contribution >= 0.6 is 11.6 Å². The van der Waals surface area contributed by atoms with E-state index >= 15 is 0 Å². The monoisotopic (exact) mass is 335 g/mol. The third-order valence-electron chi connectivity index (χ3n) is 3.04. The Hall–Kier alpha value is -1.15. The Balaban J connectivity index is 3.18. The number of benzene rings is 1. The van der Waals surface area contributed by atoms with E-state index in [1.54, 1.807) is 6.92 Å². The number of carbonyl (C=O) groups is 1. The summed E-state index contributed by atoms with van der Waals surface area (Å²) in [7, 11) is 0.409. The molecule has 0 heterocycles. The second kappa shape index (κ2) is 7.22. The highest BCUT2D eigenvalue weighted by molar-refractivity contribution is 7.89. The van der Waals surface area contributed by atoms with Gasteiger partial charge >= 0.3 is 5.97 Å². The lowest BCUT2D eigenvalue weighted by Gasteiger charge is -2.24. The molecule has 0 amide bonds. The molecule has 8 heteroatoms. The Kier molecular flexibility index (Phi) is 6.15. The number of rotatable bonds is 6. The lowest BCUT2D eigenvalue weighted by atomic mass is 10.2. The van der Waals surface area contributed by atoms with Crippen LogP contribution in [-0.2, 0) is 19.5 Å². The molecule has 0 bridgehead atoms. The quantitative estimate of drug-likeness (QED) is 0.741. The number of methoxy groups -OCH3 is 2. The van der Waals surface area contributed by atoms with Gasteiger partial charge in [0.05, 0.1) is 24.3 Å². The number of nitrogens with zero attached hydrogens (tertiary/aromatic N) is 1. The number of hydrogen-bond donors (Lipinski definition) is 0. The maximum atomic E-state index is 12.5. The van der Waals surface area contributed by atoms with E-state index in [4.69, 9.17) is 16.3 Å². The van der Waals surface area contributed by atoms with Gasteiger partial charge in [0.1, 0.15) is 4.90 Å². The van der Waals surface area contributed by atoms with Crippen molar-refractivity contribution >= 4 is 27.6 Å².